The standard InChI is InChI=1S/C19H14FN5O/c20-16-4-2-1-3-14(16)12-23-18(26)17-9-10-22-19(25-17)24-15-7-5-13(11-21)6-8-15/h1-10H,12H2,(H,23,26)(H,22,24,25). The first kappa shape index (κ1) is 17.0. The summed E-state index contributed by atoms with van der Waals surface area (Å²) in [7, 11) is 0. The van der Waals surface area contributed by atoms with Crippen LogP contribution in [0.15, 0.2) is 60.8 Å². The van der Waals surface area contributed by atoms with Gasteiger partial charge in [-0.1, -0.05) is 18.2 Å². The number of benzene rings is 2. The maximum atomic E-state index is 13.6. The quantitative estimate of drug-likeness (QED) is 0.740. The summed E-state index contributed by atoms with van der Waals surface area (Å²) in [4.78, 5) is 20.4. The molecule has 0 spiro atoms. The number of nitrogens with zero attached hydrogens (tertiary/aromatic N) is 3. The van der Waals surface area contributed by atoms with Crippen molar-refractivity contribution in [2.45, 2.75) is 6.54 Å². The van der Waals surface area contributed by atoms with Gasteiger partial charge in [0.1, 0.15) is 11.5 Å². The zero-order valence-electron chi connectivity index (χ0n) is 13.6. The smallest absolute Gasteiger partial charge is 0.270 e. The van der Waals surface area contributed by atoms with Crippen molar-refractivity contribution in [3.05, 3.63) is 83.4 Å². The molecule has 0 saturated heterocycles. The molecule has 7 heteroatoms. The largest absolute Gasteiger partial charge is 0.347 e. The Hall–Kier alpha value is -3.79. The highest BCUT2D eigenvalue weighted by atomic mass is 19.1. The van der Waals surface area contributed by atoms with Gasteiger partial charge in [0.05, 0.1) is 11.6 Å². The highest BCUT2D eigenvalue weighted by Crippen LogP contribution is 2.14. The Labute approximate surface area is 149 Å². The van der Waals surface area contributed by atoms with Crippen molar-refractivity contribution in [3.8, 4) is 6.07 Å². The third-order valence-electron chi connectivity index (χ3n) is 3.56. The fourth-order valence-corrected chi connectivity index (χ4v) is 2.21. The number of hydrogen-bond acceptors (Lipinski definition) is 5. The average molecular weight is 347 g/mol. The third-order valence-corrected chi connectivity index (χ3v) is 3.56. The molecule has 3 rings (SSSR count). The van der Waals surface area contributed by atoms with Crippen LogP contribution in [-0.2, 0) is 6.54 Å². The number of carbonyl (C=O) groups excluding carboxylic acids is 1. The second-order valence-electron chi connectivity index (χ2n) is 5.35. The van der Waals surface area contributed by atoms with Crippen molar-refractivity contribution in [1.29, 1.82) is 5.26 Å². The van der Waals surface area contributed by atoms with Crippen LogP contribution in [0.2, 0.25) is 0 Å². The number of rotatable bonds is 5. The molecule has 3 aromatic rings. The number of anilines is 2. The molecule has 0 atom stereocenters. The molecule has 2 aromatic carbocycles. The zero-order chi connectivity index (χ0) is 18.4. The van der Waals surface area contributed by atoms with E-state index in [9.17, 15) is 9.18 Å². The van der Waals surface area contributed by atoms with E-state index in [0.717, 1.165) is 0 Å². The van der Waals surface area contributed by atoms with Gasteiger partial charge in [0.15, 0.2) is 0 Å². The first-order valence-electron chi connectivity index (χ1n) is 7.77. The molecule has 1 aromatic heterocycles. The molecule has 0 bridgehead atoms. The lowest BCUT2D eigenvalue weighted by molar-refractivity contribution is 0.0945. The second kappa shape index (κ2) is 7.85. The van der Waals surface area contributed by atoms with E-state index in [-0.39, 0.29) is 24.0 Å². The highest BCUT2D eigenvalue weighted by Gasteiger charge is 2.10. The number of hydrogen-bond donors (Lipinski definition) is 2. The Morgan fingerprint density at radius 1 is 1.12 bits per heavy atom. The number of aromatic nitrogens is 2. The molecule has 2 N–H and O–H groups in total. The maximum Gasteiger partial charge on any atom is 0.270 e. The zero-order valence-corrected chi connectivity index (χ0v) is 13.6. The van der Waals surface area contributed by atoms with Crippen molar-refractivity contribution in [1.82, 2.24) is 15.3 Å². The molecule has 0 saturated carbocycles. The van der Waals surface area contributed by atoms with Crippen LogP contribution in [0.1, 0.15) is 21.6 Å². The Morgan fingerprint density at radius 2 is 1.88 bits per heavy atom. The van der Waals surface area contributed by atoms with E-state index in [1.54, 1.807) is 42.5 Å². The fourth-order valence-electron chi connectivity index (χ4n) is 2.21. The van der Waals surface area contributed by atoms with Crippen LogP contribution in [-0.4, -0.2) is 15.9 Å². The molecular formula is C19H14FN5O. The number of halogens is 1. The molecule has 26 heavy (non-hydrogen) atoms. The number of nitrogens with one attached hydrogen (secondary N) is 2. The Morgan fingerprint density at radius 3 is 2.62 bits per heavy atom. The SMILES string of the molecule is N#Cc1ccc(Nc2nccc(C(=O)NCc3ccccc3F)n2)cc1. The molecule has 0 aliphatic carbocycles. The summed E-state index contributed by atoms with van der Waals surface area (Å²) in [5.74, 6) is -0.564. The summed E-state index contributed by atoms with van der Waals surface area (Å²) in [6.45, 7) is 0.0634. The van der Waals surface area contributed by atoms with E-state index in [2.05, 4.69) is 20.6 Å². The summed E-state index contributed by atoms with van der Waals surface area (Å²) in [5, 5.41) is 14.4. The molecule has 0 aliphatic rings. The Balaban J connectivity index is 1.67. The van der Waals surface area contributed by atoms with E-state index < -0.39 is 5.91 Å². The third kappa shape index (κ3) is 4.19. The molecule has 0 aliphatic heterocycles. The Bertz CT molecular complexity index is 966. The van der Waals surface area contributed by atoms with Crippen LogP contribution in [0.5, 0.6) is 0 Å². The summed E-state index contributed by atoms with van der Waals surface area (Å²) in [5.41, 5.74) is 1.78. The Kier molecular flexibility index (Phi) is 5.15. The summed E-state index contributed by atoms with van der Waals surface area (Å²) in [6, 6.07) is 16.5. The van der Waals surface area contributed by atoms with Crippen molar-refractivity contribution >= 4 is 17.5 Å². The van der Waals surface area contributed by atoms with Gasteiger partial charge in [-0.2, -0.15) is 5.26 Å². The van der Waals surface area contributed by atoms with Gasteiger partial charge < -0.3 is 10.6 Å². The summed E-state index contributed by atoms with van der Waals surface area (Å²) in [6.07, 6.45) is 1.46. The van der Waals surface area contributed by atoms with E-state index >= 15 is 0 Å². The predicted octanol–water partition coefficient (Wildman–Crippen LogP) is 3.16. The monoisotopic (exact) mass is 347 g/mol. The predicted molar refractivity (Wildman–Crippen MR) is 94.0 cm³/mol. The van der Waals surface area contributed by atoms with Gasteiger partial charge in [-0.05, 0) is 36.4 Å². The lowest BCUT2D eigenvalue weighted by Gasteiger charge is -2.08. The molecule has 0 fully saturated rings. The van der Waals surface area contributed by atoms with Gasteiger partial charge in [-0.25, -0.2) is 14.4 Å². The van der Waals surface area contributed by atoms with E-state index in [1.165, 1.54) is 18.3 Å². The van der Waals surface area contributed by atoms with E-state index in [1.807, 2.05) is 6.07 Å². The molecule has 0 unspecified atom stereocenters. The molecule has 1 amide bonds. The molecular weight excluding hydrogens is 333 g/mol. The fraction of sp³-hybridized carbons (Fsp3) is 0.0526. The van der Waals surface area contributed by atoms with Crippen LogP contribution in [0, 0.1) is 17.1 Å². The minimum absolute atomic E-state index is 0.0634. The van der Waals surface area contributed by atoms with Gasteiger partial charge in [0, 0.05) is 24.0 Å². The van der Waals surface area contributed by atoms with Crippen LogP contribution in [0.25, 0.3) is 0 Å². The van der Waals surface area contributed by atoms with Crippen molar-refractivity contribution in [3.63, 3.8) is 0 Å². The molecule has 128 valence electrons. The molecule has 6 nitrogen and oxygen atoms in total. The summed E-state index contributed by atoms with van der Waals surface area (Å²) < 4.78 is 13.6. The van der Waals surface area contributed by atoms with E-state index in [0.29, 0.717) is 16.8 Å². The minimum atomic E-state index is -0.432. The number of carbonyl (C=O) groups is 1. The first-order valence-corrected chi connectivity index (χ1v) is 7.77. The van der Waals surface area contributed by atoms with Gasteiger partial charge in [-0.15, -0.1) is 0 Å². The molecule has 0 radical (unpaired) electrons. The lowest BCUT2D eigenvalue weighted by Crippen LogP contribution is -2.24. The normalized spacial score (nSPS) is 10.0. The van der Waals surface area contributed by atoms with E-state index in [4.69, 9.17) is 5.26 Å². The van der Waals surface area contributed by atoms with Gasteiger partial charge in [-0.3, -0.25) is 4.79 Å². The maximum absolute atomic E-state index is 13.6. The minimum Gasteiger partial charge on any atom is -0.347 e. The number of nitriles is 1. The summed E-state index contributed by atoms with van der Waals surface area (Å²) >= 11 is 0. The highest BCUT2D eigenvalue weighted by molar-refractivity contribution is 5.92. The van der Waals surface area contributed by atoms with Crippen LogP contribution in [0.4, 0.5) is 16.0 Å². The number of amides is 1. The molecule has 1 heterocycles. The topological polar surface area (TPSA) is 90.7 Å². The average Bonchev–Trinajstić information content (AvgIpc) is 2.68. The lowest BCUT2D eigenvalue weighted by atomic mass is 10.2. The van der Waals surface area contributed by atoms with Crippen LogP contribution < -0.4 is 10.6 Å². The van der Waals surface area contributed by atoms with Crippen LogP contribution >= 0.6 is 0 Å². The van der Waals surface area contributed by atoms with Crippen LogP contribution in [0.3, 0.4) is 0 Å². The van der Waals surface area contributed by atoms with Crippen molar-refractivity contribution < 1.29 is 9.18 Å². The second-order valence-corrected chi connectivity index (χ2v) is 5.35. The van der Waals surface area contributed by atoms with Gasteiger partial charge in [0.2, 0.25) is 5.95 Å². The van der Waals surface area contributed by atoms with Gasteiger partial charge in [0.25, 0.3) is 5.91 Å². The van der Waals surface area contributed by atoms with Crippen molar-refractivity contribution in [2.75, 3.05) is 5.32 Å². The first-order chi connectivity index (χ1) is 12.7. The van der Waals surface area contributed by atoms with Gasteiger partial charge >= 0.3 is 0 Å². The van der Waals surface area contributed by atoms with Crippen molar-refractivity contribution in [2.24, 2.45) is 0 Å².